The standard InChI is InChI=1S/C12H23NO/c1-3-11-9-13(8-10-4-5-10)7-6-12(11)14-2/h10-12H,3-9H2,1-2H3/t11-,12-/m1/s1. The highest BCUT2D eigenvalue weighted by Crippen LogP contribution is 2.32. The Morgan fingerprint density at radius 3 is 2.64 bits per heavy atom. The van der Waals surface area contributed by atoms with Gasteiger partial charge in [0.25, 0.3) is 0 Å². The van der Waals surface area contributed by atoms with Gasteiger partial charge in [-0.15, -0.1) is 0 Å². The minimum atomic E-state index is 0.524. The van der Waals surface area contributed by atoms with Gasteiger partial charge in [-0.05, 0) is 37.5 Å². The third-order valence-electron chi connectivity index (χ3n) is 3.79. The lowest BCUT2D eigenvalue weighted by Gasteiger charge is -2.37. The Hall–Kier alpha value is -0.0800. The highest BCUT2D eigenvalue weighted by Gasteiger charge is 2.31. The van der Waals surface area contributed by atoms with Crippen molar-refractivity contribution < 1.29 is 4.74 Å². The van der Waals surface area contributed by atoms with Crippen LogP contribution in [0.2, 0.25) is 0 Å². The first-order valence-electron chi connectivity index (χ1n) is 6.08. The molecule has 0 N–H and O–H groups in total. The van der Waals surface area contributed by atoms with E-state index in [1.54, 1.807) is 0 Å². The van der Waals surface area contributed by atoms with E-state index < -0.39 is 0 Å². The van der Waals surface area contributed by atoms with E-state index in [1.807, 2.05) is 7.11 Å². The number of methoxy groups -OCH3 is 1. The van der Waals surface area contributed by atoms with Gasteiger partial charge in [-0.3, -0.25) is 0 Å². The second-order valence-corrected chi connectivity index (χ2v) is 4.93. The molecule has 1 aliphatic heterocycles. The van der Waals surface area contributed by atoms with Gasteiger partial charge in [0.15, 0.2) is 0 Å². The molecule has 2 aliphatic rings. The van der Waals surface area contributed by atoms with Crippen molar-refractivity contribution in [2.45, 2.75) is 38.7 Å². The molecule has 1 heterocycles. The number of likely N-dealkylation sites (tertiary alicyclic amines) is 1. The molecule has 1 aliphatic carbocycles. The zero-order valence-electron chi connectivity index (χ0n) is 9.54. The number of rotatable bonds is 4. The molecule has 1 saturated heterocycles. The summed E-state index contributed by atoms with van der Waals surface area (Å²) in [5, 5.41) is 0. The van der Waals surface area contributed by atoms with E-state index in [-0.39, 0.29) is 0 Å². The number of nitrogens with zero attached hydrogens (tertiary/aromatic N) is 1. The van der Waals surface area contributed by atoms with E-state index in [9.17, 15) is 0 Å². The van der Waals surface area contributed by atoms with Gasteiger partial charge in [-0.1, -0.05) is 6.92 Å². The van der Waals surface area contributed by atoms with Crippen LogP contribution in [0.5, 0.6) is 0 Å². The third-order valence-corrected chi connectivity index (χ3v) is 3.79. The fourth-order valence-electron chi connectivity index (χ4n) is 2.62. The first-order chi connectivity index (χ1) is 6.83. The summed E-state index contributed by atoms with van der Waals surface area (Å²) in [7, 11) is 1.86. The molecule has 0 amide bonds. The van der Waals surface area contributed by atoms with Crippen molar-refractivity contribution in [3.8, 4) is 0 Å². The van der Waals surface area contributed by atoms with Crippen LogP contribution in [0.1, 0.15) is 32.6 Å². The zero-order chi connectivity index (χ0) is 9.97. The summed E-state index contributed by atoms with van der Waals surface area (Å²) in [6, 6.07) is 0. The second kappa shape index (κ2) is 4.63. The average molecular weight is 197 g/mol. The van der Waals surface area contributed by atoms with Crippen molar-refractivity contribution in [2.75, 3.05) is 26.7 Å². The molecule has 0 spiro atoms. The molecule has 2 rings (SSSR count). The minimum absolute atomic E-state index is 0.524. The Balaban J connectivity index is 1.80. The fourth-order valence-corrected chi connectivity index (χ4v) is 2.62. The Kier molecular flexibility index (Phi) is 3.45. The van der Waals surface area contributed by atoms with Gasteiger partial charge in [0.1, 0.15) is 0 Å². The number of hydrogen-bond acceptors (Lipinski definition) is 2. The topological polar surface area (TPSA) is 12.5 Å². The fraction of sp³-hybridized carbons (Fsp3) is 1.00. The second-order valence-electron chi connectivity index (χ2n) is 4.93. The van der Waals surface area contributed by atoms with Crippen LogP contribution in [-0.4, -0.2) is 37.7 Å². The Bertz CT molecular complexity index is 179. The lowest BCUT2D eigenvalue weighted by atomic mass is 9.92. The molecular formula is C12H23NO. The number of ether oxygens (including phenoxy) is 1. The summed E-state index contributed by atoms with van der Waals surface area (Å²) in [5.74, 6) is 1.80. The maximum atomic E-state index is 5.54. The molecular weight excluding hydrogens is 174 g/mol. The summed E-state index contributed by atoms with van der Waals surface area (Å²) < 4.78 is 5.54. The lowest BCUT2D eigenvalue weighted by Crippen LogP contribution is -2.44. The molecule has 0 unspecified atom stereocenters. The molecule has 0 aromatic carbocycles. The molecule has 0 aromatic heterocycles. The Morgan fingerprint density at radius 1 is 1.29 bits per heavy atom. The molecule has 0 aromatic rings. The molecule has 1 saturated carbocycles. The Labute approximate surface area is 87.6 Å². The Morgan fingerprint density at radius 2 is 2.07 bits per heavy atom. The summed E-state index contributed by atoms with van der Waals surface area (Å²) >= 11 is 0. The van der Waals surface area contributed by atoms with Gasteiger partial charge < -0.3 is 9.64 Å². The predicted molar refractivity (Wildman–Crippen MR) is 58.4 cm³/mol. The summed E-state index contributed by atoms with van der Waals surface area (Å²) in [5.41, 5.74) is 0. The van der Waals surface area contributed by atoms with Crippen LogP contribution in [0, 0.1) is 11.8 Å². The molecule has 2 nitrogen and oxygen atoms in total. The van der Waals surface area contributed by atoms with Crippen molar-refractivity contribution in [3.05, 3.63) is 0 Å². The molecule has 2 fully saturated rings. The van der Waals surface area contributed by atoms with Crippen LogP contribution < -0.4 is 0 Å². The number of piperidine rings is 1. The third kappa shape index (κ3) is 2.48. The molecule has 82 valence electrons. The summed E-state index contributed by atoms with van der Waals surface area (Å²) in [6.07, 6.45) is 5.97. The van der Waals surface area contributed by atoms with Crippen molar-refractivity contribution in [3.63, 3.8) is 0 Å². The van der Waals surface area contributed by atoms with E-state index in [1.165, 1.54) is 45.3 Å². The van der Waals surface area contributed by atoms with E-state index >= 15 is 0 Å². The van der Waals surface area contributed by atoms with Crippen molar-refractivity contribution in [2.24, 2.45) is 11.8 Å². The van der Waals surface area contributed by atoms with Crippen LogP contribution in [0.4, 0.5) is 0 Å². The van der Waals surface area contributed by atoms with Crippen LogP contribution in [0.25, 0.3) is 0 Å². The molecule has 14 heavy (non-hydrogen) atoms. The van der Waals surface area contributed by atoms with Crippen molar-refractivity contribution >= 4 is 0 Å². The van der Waals surface area contributed by atoms with E-state index in [4.69, 9.17) is 4.74 Å². The van der Waals surface area contributed by atoms with E-state index in [0.29, 0.717) is 6.10 Å². The van der Waals surface area contributed by atoms with Gasteiger partial charge in [0.05, 0.1) is 6.10 Å². The molecule has 0 radical (unpaired) electrons. The monoisotopic (exact) mass is 197 g/mol. The predicted octanol–water partition coefficient (Wildman–Crippen LogP) is 2.14. The highest BCUT2D eigenvalue weighted by atomic mass is 16.5. The quantitative estimate of drug-likeness (QED) is 0.684. The lowest BCUT2D eigenvalue weighted by molar-refractivity contribution is -0.00880. The van der Waals surface area contributed by atoms with Crippen LogP contribution in [-0.2, 0) is 4.74 Å². The van der Waals surface area contributed by atoms with Crippen LogP contribution in [0.15, 0.2) is 0 Å². The average Bonchev–Trinajstić information content (AvgIpc) is 3.01. The van der Waals surface area contributed by atoms with E-state index in [2.05, 4.69) is 11.8 Å². The zero-order valence-corrected chi connectivity index (χ0v) is 9.54. The van der Waals surface area contributed by atoms with Gasteiger partial charge in [-0.25, -0.2) is 0 Å². The number of hydrogen-bond donors (Lipinski definition) is 0. The van der Waals surface area contributed by atoms with Crippen LogP contribution >= 0.6 is 0 Å². The summed E-state index contributed by atoms with van der Waals surface area (Å²) in [6.45, 7) is 6.17. The summed E-state index contributed by atoms with van der Waals surface area (Å²) in [4.78, 5) is 2.65. The molecule has 0 bridgehead atoms. The van der Waals surface area contributed by atoms with Gasteiger partial charge >= 0.3 is 0 Å². The maximum absolute atomic E-state index is 5.54. The first-order valence-corrected chi connectivity index (χ1v) is 6.08. The normalized spacial score (nSPS) is 34.7. The first kappa shape index (κ1) is 10.4. The molecule has 2 atom stereocenters. The van der Waals surface area contributed by atoms with Gasteiger partial charge in [0, 0.05) is 26.7 Å². The van der Waals surface area contributed by atoms with E-state index in [0.717, 1.165) is 11.8 Å². The highest BCUT2D eigenvalue weighted by molar-refractivity contribution is 4.84. The smallest absolute Gasteiger partial charge is 0.0623 e. The van der Waals surface area contributed by atoms with Crippen LogP contribution in [0.3, 0.4) is 0 Å². The largest absolute Gasteiger partial charge is 0.381 e. The SMILES string of the molecule is CC[C@@H]1CN(CC2CC2)CC[C@H]1OC. The van der Waals surface area contributed by atoms with Gasteiger partial charge in [-0.2, -0.15) is 0 Å². The van der Waals surface area contributed by atoms with Crippen molar-refractivity contribution in [1.82, 2.24) is 4.90 Å². The van der Waals surface area contributed by atoms with Crippen molar-refractivity contribution in [1.29, 1.82) is 0 Å². The minimum Gasteiger partial charge on any atom is -0.381 e. The maximum Gasteiger partial charge on any atom is 0.0623 e. The van der Waals surface area contributed by atoms with Gasteiger partial charge in [0.2, 0.25) is 0 Å². The molecule has 2 heteroatoms.